The van der Waals surface area contributed by atoms with Crippen molar-refractivity contribution >= 4 is 46.1 Å². The highest BCUT2D eigenvalue weighted by Gasteiger charge is 2.35. The number of thioether (sulfide) groups is 1. The van der Waals surface area contributed by atoms with Crippen LogP contribution in [0.1, 0.15) is 26.5 Å². The van der Waals surface area contributed by atoms with E-state index >= 15 is 0 Å². The molecular weight excluding hydrogens is 532 g/mol. The molecule has 1 amide bonds. The van der Waals surface area contributed by atoms with Gasteiger partial charge < -0.3 is 4.74 Å². The van der Waals surface area contributed by atoms with E-state index in [0.29, 0.717) is 0 Å². The van der Waals surface area contributed by atoms with Gasteiger partial charge >= 0.3 is 17.8 Å². The predicted molar refractivity (Wildman–Crippen MR) is 124 cm³/mol. The summed E-state index contributed by atoms with van der Waals surface area (Å²) in [6, 6.07) is 1.77. The second-order valence-corrected chi connectivity index (χ2v) is 9.90. The van der Waals surface area contributed by atoms with Crippen LogP contribution in [-0.4, -0.2) is 49.0 Å². The summed E-state index contributed by atoms with van der Waals surface area (Å²) in [5, 5.41) is -0.268. The first-order chi connectivity index (χ1) is 16.5. The van der Waals surface area contributed by atoms with E-state index < -0.39 is 58.6 Å². The van der Waals surface area contributed by atoms with E-state index in [-0.39, 0.29) is 36.8 Å². The molecule has 0 N–H and O–H groups in total. The van der Waals surface area contributed by atoms with Crippen molar-refractivity contribution in [2.45, 2.75) is 32.5 Å². The fourth-order valence-electron chi connectivity index (χ4n) is 3.15. The molecule has 0 aliphatic carbocycles. The van der Waals surface area contributed by atoms with E-state index in [4.69, 9.17) is 16.3 Å². The van der Waals surface area contributed by atoms with E-state index in [0.717, 1.165) is 35.8 Å². The topological polar surface area (TPSA) is 103 Å². The summed E-state index contributed by atoms with van der Waals surface area (Å²) < 4.78 is 59.7. The van der Waals surface area contributed by atoms with E-state index in [1.54, 1.807) is 20.8 Å². The van der Waals surface area contributed by atoms with E-state index in [2.05, 4.69) is 4.99 Å². The lowest BCUT2D eigenvalue weighted by Gasteiger charge is -2.22. The third kappa shape index (κ3) is 5.81. The van der Waals surface area contributed by atoms with Gasteiger partial charge in [-0.15, -0.1) is 0 Å². The SMILES string of the molecule is Cn1c(C(F)(F)F)cc(=O)n(-c2cc(/N=C3\SCC(=O)N3CC(=O)OC(C)(C)C)c(Cl)cc2F)c1=O. The van der Waals surface area contributed by atoms with Crippen LogP contribution < -0.4 is 11.2 Å². The van der Waals surface area contributed by atoms with Gasteiger partial charge in [0, 0.05) is 13.1 Å². The largest absolute Gasteiger partial charge is 0.459 e. The number of esters is 1. The number of benzene rings is 1. The Labute approximate surface area is 210 Å². The molecule has 0 unspecified atom stereocenters. The molecule has 2 heterocycles. The van der Waals surface area contributed by atoms with Gasteiger partial charge in [0.2, 0.25) is 5.91 Å². The molecule has 36 heavy (non-hydrogen) atoms. The Morgan fingerprint density at radius 2 is 1.81 bits per heavy atom. The van der Waals surface area contributed by atoms with Gasteiger partial charge in [-0.2, -0.15) is 13.2 Å². The minimum Gasteiger partial charge on any atom is -0.459 e. The number of aliphatic imine (C=N–C) groups is 1. The summed E-state index contributed by atoms with van der Waals surface area (Å²) in [6.45, 7) is 4.47. The van der Waals surface area contributed by atoms with Gasteiger partial charge in [-0.3, -0.25) is 23.9 Å². The zero-order valence-electron chi connectivity index (χ0n) is 19.3. The van der Waals surface area contributed by atoms with Crippen molar-refractivity contribution < 1.29 is 31.9 Å². The third-order valence-electron chi connectivity index (χ3n) is 4.65. The second-order valence-electron chi connectivity index (χ2n) is 8.55. The zero-order chi connectivity index (χ0) is 27.2. The molecule has 1 aromatic carbocycles. The molecule has 3 rings (SSSR count). The number of hydrogen-bond acceptors (Lipinski definition) is 7. The Morgan fingerprint density at radius 3 is 2.39 bits per heavy atom. The van der Waals surface area contributed by atoms with Gasteiger partial charge in [0.15, 0.2) is 5.17 Å². The molecule has 0 saturated carbocycles. The number of halogens is 5. The molecule has 1 aromatic heterocycles. The molecule has 1 aliphatic rings. The number of alkyl halides is 3. The first-order valence-electron chi connectivity index (χ1n) is 10.1. The molecule has 9 nitrogen and oxygen atoms in total. The third-order valence-corrected chi connectivity index (χ3v) is 5.91. The predicted octanol–water partition coefficient (Wildman–Crippen LogP) is 3.25. The van der Waals surface area contributed by atoms with Crippen molar-refractivity contribution in [1.82, 2.24) is 14.0 Å². The van der Waals surface area contributed by atoms with Crippen LogP contribution in [-0.2, 0) is 27.5 Å². The molecule has 0 atom stereocenters. The molecule has 2 aromatic rings. The Bertz CT molecular complexity index is 1390. The number of amides is 1. The molecule has 1 aliphatic heterocycles. The van der Waals surface area contributed by atoms with Gasteiger partial charge in [-0.25, -0.2) is 18.7 Å². The van der Waals surface area contributed by atoms with Crippen LogP contribution in [0.2, 0.25) is 5.02 Å². The maximum atomic E-state index is 14.7. The van der Waals surface area contributed by atoms with Crippen LogP contribution in [0.4, 0.5) is 23.2 Å². The zero-order valence-corrected chi connectivity index (χ0v) is 20.8. The Hall–Kier alpha value is -3.13. The fraction of sp³-hybridized carbons (Fsp3) is 0.381. The van der Waals surface area contributed by atoms with Gasteiger partial charge in [0.25, 0.3) is 5.56 Å². The quantitative estimate of drug-likeness (QED) is 0.428. The van der Waals surface area contributed by atoms with Crippen LogP contribution in [0.5, 0.6) is 0 Å². The smallest absolute Gasteiger partial charge is 0.431 e. The maximum absolute atomic E-state index is 14.7. The number of amidine groups is 1. The summed E-state index contributed by atoms with van der Waals surface area (Å²) in [6.07, 6.45) is -4.99. The first kappa shape index (κ1) is 27.5. The van der Waals surface area contributed by atoms with Crippen LogP contribution >= 0.6 is 23.4 Å². The molecule has 0 spiro atoms. The number of nitrogens with zero attached hydrogens (tertiary/aromatic N) is 4. The highest BCUT2D eigenvalue weighted by atomic mass is 35.5. The lowest BCUT2D eigenvalue weighted by atomic mass is 10.2. The van der Waals surface area contributed by atoms with Crippen molar-refractivity contribution in [3.63, 3.8) is 0 Å². The fourth-order valence-corrected chi connectivity index (χ4v) is 4.23. The van der Waals surface area contributed by atoms with Crippen LogP contribution in [0.3, 0.4) is 0 Å². The number of hydrogen-bond donors (Lipinski definition) is 0. The Morgan fingerprint density at radius 1 is 1.17 bits per heavy atom. The van der Waals surface area contributed by atoms with E-state index in [1.807, 2.05) is 0 Å². The van der Waals surface area contributed by atoms with Crippen molar-refractivity contribution in [1.29, 1.82) is 0 Å². The molecule has 15 heteroatoms. The van der Waals surface area contributed by atoms with Crippen molar-refractivity contribution in [2.24, 2.45) is 12.0 Å². The summed E-state index contributed by atoms with van der Waals surface area (Å²) in [7, 11) is 0.783. The van der Waals surface area contributed by atoms with Crippen molar-refractivity contribution in [3.05, 3.63) is 55.6 Å². The molecular formula is C21H19ClF4N4O5S. The Kier molecular flexibility index (Phi) is 7.42. The standard InChI is InChI=1S/C21H19ClF4N4O5S/c1-20(2,3)35-17(33)8-29-16(32)9-36-18(29)27-12-6-13(11(23)5-10(12)22)30-15(31)7-14(21(24,25)26)28(4)19(30)34/h5-7H,8-9H2,1-4H3/b27-18-. The summed E-state index contributed by atoms with van der Waals surface area (Å²) in [5.74, 6) is -2.41. The van der Waals surface area contributed by atoms with E-state index in [9.17, 15) is 36.7 Å². The number of rotatable bonds is 4. The van der Waals surface area contributed by atoms with Gasteiger partial charge in [0.05, 0.1) is 22.2 Å². The van der Waals surface area contributed by atoms with Crippen molar-refractivity contribution in [2.75, 3.05) is 12.3 Å². The van der Waals surface area contributed by atoms with Crippen LogP contribution in [0.15, 0.2) is 32.8 Å². The minimum atomic E-state index is -4.99. The summed E-state index contributed by atoms with van der Waals surface area (Å²) in [4.78, 5) is 54.6. The average Bonchev–Trinajstić information content (AvgIpc) is 3.05. The summed E-state index contributed by atoms with van der Waals surface area (Å²) in [5.41, 5.74) is -6.10. The highest BCUT2D eigenvalue weighted by Crippen LogP contribution is 2.33. The number of aromatic nitrogens is 2. The molecule has 1 fully saturated rings. The number of ether oxygens (including phenoxy) is 1. The monoisotopic (exact) mass is 550 g/mol. The van der Waals surface area contributed by atoms with E-state index in [1.165, 1.54) is 0 Å². The maximum Gasteiger partial charge on any atom is 0.431 e. The normalized spacial score (nSPS) is 15.6. The number of carbonyl (C=O) groups is 2. The van der Waals surface area contributed by atoms with Crippen LogP contribution in [0.25, 0.3) is 5.69 Å². The van der Waals surface area contributed by atoms with Gasteiger partial charge in [-0.1, -0.05) is 23.4 Å². The molecule has 0 radical (unpaired) electrons. The minimum absolute atomic E-state index is 0.0120. The van der Waals surface area contributed by atoms with Gasteiger partial charge in [0.1, 0.15) is 23.7 Å². The molecule has 1 saturated heterocycles. The summed E-state index contributed by atoms with van der Waals surface area (Å²) >= 11 is 7.02. The van der Waals surface area contributed by atoms with Crippen molar-refractivity contribution in [3.8, 4) is 5.69 Å². The molecule has 0 bridgehead atoms. The lowest BCUT2D eigenvalue weighted by molar-refractivity contribution is -0.156. The van der Waals surface area contributed by atoms with Gasteiger partial charge in [-0.05, 0) is 32.9 Å². The molecule has 194 valence electrons. The Balaban J connectivity index is 2.08. The second kappa shape index (κ2) is 9.73. The number of carbonyl (C=O) groups excluding carboxylic acids is 2. The lowest BCUT2D eigenvalue weighted by Crippen LogP contribution is -2.41. The first-order valence-corrected chi connectivity index (χ1v) is 11.5. The van der Waals surface area contributed by atoms with Crippen LogP contribution in [0, 0.1) is 5.82 Å². The average molecular weight is 551 g/mol. The highest BCUT2D eigenvalue weighted by molar-refractivity contribution is 8.15.